The van der Waals surface area contributed by atoms with Gasteiger partial charge in [0.05, 0.1) is 22.6 Å². The van der Waals surface area contributed by atoms with Crippen LogP contribution >= 0.6 is 0 Å². The molecule has 2 amide bonds. The third-order valence-electron chi connectivity index (χ3n) is 5.13. The third kappa shape index (κ3) is 3.69. The first-order chi connectivity index (χ1) is 13.6. The van der Waals surface area contributed by atoms with Crippen molar-refractivity contribution >= 4 is 23.0 Å². The lowest BCUT2D eigenvalue weighted by Gasteiger charge is -2.34. The summed E-state index contributed by atoms with van der Waals surface area (Å²) >= 11 is 0. The van der Waals surface area contributed by atoms with E-state index in [4.69, 9.17) is 5.11 Å². The summed E-state index contributed by atoms with van der Waals surface area (Å²) in [6, 6.07) is 14.2. The first kappa shape index (κ1) is 18.0. The van der Waals surface area contributed by atoms with Crippen molar-refractivity contribution in [3.63, 3.8) is 0 Å². The van der Waals surface area contributed by atoms with E-state index in [1.807, 2.05) is 29.2 Å². The van der Waals surface area contributed by atoms with Gasteiger partial charge in [-0.25, -0.2) is 14.6 Å². The zero-order chi connectivity index (χ0) is 19.5. The second-order valence-electron chi connectivity index (χ2n) is 7.00. The fraction of sp³-hybridized carbons (Fsp3) is 0.286. The number of piperidine rings is 1. The lowest BCUT2D eigenvalue weighted by atomic mass is 10.0. The number of hydrogen-bond donors (Lipinski definition) is 3. The molecule has 1 saturated heterocycles. The zero-order valence-corrected chi connectivity index (χ0v) is 15.4. The molecular formula is C21H22N4O3. The number of benzene rings is 2. The van der Waals surface area contributed by atoms with Crippen LogP contribution in [-0.4, -0.2) is 38.5 Å². The van der Waals surface area contributed by atoms with Crippen LogP contribution in [0.3, 0.4) is 0 Å². The third-order valence-corrected chi connectivity index (χ3v) is 5.13. The average molecular weight is 378 g/mol. The molecule has 2 heterocycles. The number of urea groups is 1. The predicted molar refractivity (Wildman–Crippen MR) is 105 cm³/mol. The second-order valence-corrected chi connectivity index (χ2v) is 7.00. The van der Waals surface area contributed by atoms with E-state index < -0.39 is 5.97 Å². The van der Waals surface area contributed by atoms with Crippen LogP contribution in [0.4, 0.5) is 4.79 Å². The van der Waals surface area contributed by atoms with E-state index in [0.717, 1.165) is 41.7 Å². The molecule has 2 aromatic carbocycles. The average Bonchev–Trinajstić information content (AvgIpc) is 3.16. The second kappa shape index (κ2) is 7.72. The monoisotopic (exact) mass is 378 g/mol. The Bertz CT molecular complexity index is 963. The molecule has 1 unspecified atom stereocenters. The smallest absolute Gasteiger partial charge is 0.335 e. The van der Waals surface area contributed by atoms with Crippen molar-refractivity contribution in [1.29, 1.82) is 0 Å². The number of aromatic nitrogens is 2. The molecule has 0 radical (unpaired) electrons. The molecule has 1 fully saturated rings. The predicted octanol–water partition coefficient (Wildman–Crippen LogP) is 3.70. The minimum absolute atomic E-state index is 0.0736. The van der Waals surface area contributed by atoms with Crippen LogP contribution in [0.25, 0.3) is 11.0 Å². The largest absolute Gasteiger partial charge is 0.478 e. The molecular weight excluding hydrogens is 356 g/mol. The number of aromatic amines is 1. The Balaban J connectivity index is 1.46. The molecule has 28 heavy (non-hydrogen) atoms. The van der Waals surface area contributed by atoms with E-state index in [1.165, 1.54) is 0 Å². The molecule has 4 rings (SSSR count). The Morgan fingerprint density at radius 3 is 2.68 bits per heavy atom. The molecule has 7 nitrogen and oxygen atoms in total. The van der Waals surface area contributed by atoms with Crippen LogP contribution < -0.4 is 5.32 Å². The summed E-state index contributed by atoms with van der Waals surface area (Å²) < 4.78 is 0. The maximum atomic E-state index is 12.8. The summed E-state index contributed by atoms with van der Waals surface area (Å²) in [5.74, 6) is -0.139. The Kier molecular flexibility index (Phi) is 4.97. The van der Waals surface area contributed by atoms with E-state index in [2.05, 4.69) is 15.3 Å². The van der Waals surface area contributed by atoms with Crippen LogP contribution in [0.2, 0.25) is 0 Å². The molecule has 3 aromatic rings. The van der Waals surface area contributed by atoms with Gasteiger partial charge in [-0.2, -0.15) is 0 Å². The van der Waals surface area contributed by atoms with Gasteiger partial charge in [-0.1, -0.05) is 24.3 Å². The molecule has 1 aromatic heterocycles. The SMILES string of the molecule is O=C(O)c1ccc(CNC(=O)N2CCCCC2c2nc3ccccc3[nH]2)cc1. The number of rotatable bonds is 4. The highest BCUT2D eigenvalue weighted by atomic mass is 16.4. The number of para-hydroxylation sites is 2. The first-order valence-corrected chi connectivity index (χ1v) is 9.43. The summed E-state index contributed by atoms with van der Waals surface area (Å²) in [6.45, 7) is 1.04. The van der Waals surface area contributed by atoms with Gasteiger partial charge in [-0.15, -0.1) is 0 Å². The number of aromatic carboxylic acids is 1. The fourth-order valence-electron chi connectivity index (χ4n) is 3.63. The van der Waals surface area contributed by atoms with Crippen LogP contribution in [0.1, 0.15) is 47.1 Å². The van der Waals surface area contributed by atoms with Crippen LogP contribution in [0, 0.1) is 0 Å². The van der Waals surface area contributed by atoms with Gasteiger partial charge in [0.15, 0.2) is 0 Å². The van der Waals surface area contributed by atoms with Crippen molar-refractivity contribution < 1.29 is 14.7 Å². The quantitative estimate of drug-likeness (QED) is 0.645. The Labute approximate surface area is 162 Å². The van der Waals surface area contributed by atoms with Gasteiger partial charge in [0, 0.05) is 13.1 Å². The number of hydrogen-bond acceptors (Lipinski definition) is 3. The number of carbonyl (C=O) groups excluding carboxylic acids is 1. The highest BCUT2D eigenvalue weighted by Gasteiger charge is 2.30. The highest BCUT2D eigenvalue weighted by Crippen LogP contribution is 2.30. The molecule has 1 aliphatic rings. The van der Waals surface area contributed by atoms with Crippen molar-refractivity contribution in [2.75, 3.05) is 6.54 Å². The van der Waals surface area contributed by atoms with Gasteiger partial charge >= 0.3 is 12.0 Å². The number of likely N-dealkylation sites (tertiary alicyclic amines) is 1. The van der Waals surface area contributed by atoms with E-state index >= 15 is 0 Å². The molecule has 144 valence electrons. The number of carboxylic acid groups (broad SMARTS) is 1. The summed E-state index contributed by atoms with van der Waals surface area (Å²) in [5, 5.41) is 11.9. The number of nitrogens with one attached hydrogen (secondary N) is 2. The Morgan fingerprint density at radius 2 is 1.93 bits per heavy atom. The van der Waals surface area contributed by atoms with Crippen molar-refractivity contribution in [3.8, 4) is 0 Å². The summed E-state index contributed by atoms with van der Waals surface area (Å²) in [6.07, 6.45) is 2.90. The standard InChI is InChI=1S/C21H22N4O3/c26-20(27)15-10-8-14(9-11-15)13-22-21(28)25-12-4-3-7-18(25)19-23-16-5-1-2-6-17(16)24-19/h1-2,5-6,8-11,18H,3-4,7,12-13H2,(H,22,28)(H,23,24)(H,26,27). The minimum Gasteiger partial charge on any atom is -0.478 e. The van der Waals surface area contributed by atoms with E-state index in [1.54, 1.807) is 24.3 Å². The minimum atomic E-state index is -0.961. The first-order valence-electron chi connectivity index (χ1n) is 9.43. The van der Waals surface area contributed by atoms with Gasteiger partial charge in [0.25, 0.3) is 0 Å². The van der Waals surface area contributed by atoms with E-state index in [-0.39, 0.29) is 17.6 Å². The zero-order valence-electron chi connectivity index (χ0n) is 15.4. The van der Waals surface area contributed by atoms with E-state index in [9.17, 15) is 9.59 Å². The van der Waals surface area contributed by atoms with Crippen LogP contribution in [0.5, 0.6) is 0 Å². The maximum Gasteiger partial charge on any atom is 0.335 e. The topological polar surface area (TPSA) is 98.3 Å². The molecule has 0 saturated carbocycles. The number of imidazole rings is 1. The van der Waals surface area contributed by atoms with Crippen molar-refractivity contribution in [1.82, 2.24) is 20.2 Å². The van der Waals surface area contributed by atoms with Crippen molar-refractivity contribution in [2.24, 2.45) is 0 Å². The molecule has 0 aliphatic carbocycles. The Hall–Kier alpha value is -3.35. The lowest BCUT2D eigenvalue weighted by molar-refractivity contribution is 0.0697. The molecule has 0 spiro atoms. The molecule has 0 bridgehead atoms. The fourth-order valence-corrected chi connectivity index (χ4v) is 3.63. The van der Waals surface area contributed by atoms with Gasteiger partial charge < -0.3 is 20.3 Å². The van der Waals surface area contributed by atoms with Gasteiger partial charge in [-0.3, -0.25) is 0 Å². The van der Waals surface area contributed by atoms with Crippen molar-refractivity contribution in [2.45, 2.75) is 31.8 Å². The Morgan fingerprint density at radius 1 is 1.14 bits per heavy atom. The number of H-pyrrole nitrogens is 1. The van der Waals surface area contributed by atoms with Crippen LogP contribution in [-0.2, 0) is 6.54 Å². The number of amides is 2. The van der Waals surface area contributed by atoms with Gasteiger partial charge in [-0.05, 0) is 49.1 Å². The van der Waals surface area contributed by atoms with Crippen LogP contribution in [0.15, 0.2) is 48.5 Å². The van der Waals surface area contributed by atoms with Gasteiger partial charge in [0.1, 0.15) is 5.82 Å². The van der Waals surface area contributed by atoms with Crippen molar-refractivity contribution in [3.05, 3.63) is 65.5 Å². The summed E-state index contributed by atoms with van der Waals surface area (Å²) in [7, 11) is 0. The molecule has 1 atom stereocenters. The lowest BCUT2D eigenvalue weighted by Crippen LogP contribution is -2.44. The molecule has 7 heteroatoms. The number of nitrogens with zero attached hydrogens (tertiary/aromatic N) is 2. The number of carboxylic acids is 1. The molecule has 3 N–H and O–H groups in total. The summed E-state index contributed by atoms with van der Waals surface area (Å²) in [4.78, 5) is 33.6. The van der Waals surface area contributed by atoms with E-state index in [0.29, 0.717) is 13.1 Å². The highest BCUT2D eigenvalue weighted by molar-refractivity contribution is 5.87. The maximum absolute atomic E-state index is 12.8. The summed E-state index contributed by atoms with van der Waals surface area (Å²) in [5.41, 5.74) is 2.97. The number of carbonyl (C=O) groups is 2. The number of fused-ring (bicyclic) bond motifs is 1. The normalized spacial score (nSPS) is 16.9. The molecule has 1 aliphatic heterocycles. The van der Waals surface area contributed by atoms with Gasteiger partial charge in [0.2, 0.25) is 0 Å².